The normalized spacial score (nSPS) is 18.4. The first-order valence-electron chi connectivity index (χ1n) is 9.09. The Morgan fingerprint density at radius 3 is 2.86 bits per heavy atom. The number of rotatable bonds is 5. The van der Waals surface area contributed by atoms with Crippen molar-refractivity contribution in [2.24, 2.45) is 5.92 Å². The van der Waals surface area contributed by atoms with E-state index in [1.165, 1.54) is 6.07 Å². The first-order valence-corrected chi connectivity index (χ1v) is 11.3. The number of ether oxygens (including phenoxy) is 1. The lowest BCUT2D eigenvalue weighted by molar-refractivity contribution is 0.285. The van der Waals surface area contributed by atoms with E-state index < -0.39 is 9.84 Å². The molecular formula is C21H19ClFNO3S. The van der Waals surface area contributed by atoms with Gasteiger partial charge in [-0.25, -0.2) is 12.8 Å². The molecule has 0 saturated carbocycles. The molecule has 0 bridgehead atoms. The van der Waals surface area contributed by atoms with Gasteiger partial charge in [-0.1, -0.05) is 11.6 Å². The number of sulfone groups is 1. The van der Waals surface area contributed by atoms with E-state index in [0.717, 1.165) is 11.1 Å². The van der Waals surface area contributed by atoms with Crippen LogP contribution >= 0.6 is 11.6 Å². The summed E-state index contributed by atoms with van der Waals surface area (Å²) in [4.78, 5) is 4.32. The van der Waals surface area contributed by atoms with Gasteiger partial charge in [-0.2, -0.15) is 0 Å². The van der Waals surface area contributed by atoms with E-state index in [2.05, 4.69) is 4.98 Å². The Kier molecular flexibility index (Phi) is 5.25. The molecule has 0 aliphatic carbocycles. The SMILES string of the molecule is O=S1(=O)CCC(CCOc2cc(Cl)cc(-c3ccc(F)c4cccnc34)c2)C1. The summed E-state index contributed by atoms with van der Waals surface area (Å²) in [6.45, 7) is 0.419. The summed E-state index contributed by atoms with van der Waals surface area (Å²) in [5.74, 6) is 0.927. The summed E-state index contributed by atoms with van der Waals surface area (Å²) in [5, 5.41) is 0.953. The highest BCUT2D eigenvalue weighted by Crippen LogP contribution is 2.33. The minimum Gasteiger partial charge on any atom is -0.494 e. The molecule has 2 aromatic carbocycles. The Labute approximate surface area is 168 Å². The van der Waals surface area contributed by atoms with Gasteiger partial charge < -0.3 is 4.74 Å². The second-order valence-electron chi connectivity index (χ2n) is 7.08. The van der Waals surface area contributed by atoms with E-state index in [1.807, 2.05) is 6.07 Å². The van der Waals surface area contributed by atoms with E-state index in [4.69, 9.17) is 16.3 Å². The molecule has 4 nitrogen and oxygen atoms in total. The third-order valence-corrected chi connectivity index (χ3v) is 7.08. The number of fused-ring (bicyclic) bond motifs is 1. The van der Waals surface area contributed by atoms with E-state index in [9.17, 15) is 12.8 Å². The van der Waals surface area contributed by atoms with Crippen LogP contribution in [0.3, 0.4) is 0 Å². The van der Waals surface area contributed by atoms with Gasteiger partial charge in [0.1, 0.15) is 11.6 Å². The summed E-state index contributed by atoms with van der Waals surface area (Å²) >= 11 is 6.27. The average molecular weight is 420 g/mol. The van der Waals surface area contributed by atoms with Gasteiger partial charge in [0.15, 0.2) is 9.84 Å². The molecular weight excluding hydrogens is 401 g/mol. The standard InChI is InChI=1S/C21H19ClFNO3S/c22-16-10-15(18-3-4-20(23)19-2-1-7-24-21(18)19)11-17(12-16)27-8-5-14-6-9-28(25,26)13-14/h1-4,7,10-12,14H,5-6,8-9,13H2. The van der Waals surface area contributed by atoms with Crippen LogP contribution in [0.25, 0.3) is 22.0 Å². The van der Waals surface area contributed by atoms with Crippen molar-refractivity contribution in [3.63, 3.8) is 0 Å². The molecule has 1 aliphatic rings. The number of halogens is 2. The van der Waals surface area contributed by atoms with Crippen molar-refractivity contribution in [2.45, 2.75) is 12.8 Å². The molecule has 146 valence electrons. The van der Waals surface area contributed by atoms with Gasteiger partial charge in [0.2, 0.25) is 0 Å². The molecule has 1 saturated heterocycles. The monoisotopic (exact) mass is 419 g/mol. The van der Waals surface area contributed by atoms with Crippen LogP contribution in [0.1, 0.15) is 12.8 Å². The fourth-order valence-corrected chi connectivity index (χ4v) is 5.75. The Morgan fingerprint density at radius 1 is 1.21 bits per heavy atom. The Hall–Kier alpha value is -2.18. The van der Waals surface area contributed by atoms with Crippen molar-refractivity contribution in [1.82, 2.24) is 4.98 Å². The molecule has 1 aliphatic heterocycles. The highest BCUT2D eigenvalue weighted by atomic mass is 35.5. The maximum absolute atomic E-state index is 14.1. The minimum atomic E-state index is -2.88. The lowest BCUT2D eigenvalue weighted by atomic mass is 10.0. The second-order valence-corrected chi connectivity index (χ2v) is 9.74. The Morgan fingerprint density at radius 2 is 2.07 bits per heavy atom. The number of benzene rings is 2. The van der Waals surface area contributed by atoms with Gasteiger partial charge in [-0.15, -0.1) is 0 Å². The lowest BCUT2D eigenvalue weighted by Crippen LogP contribution is -2.09. The highest BCUT2D eigenvalue weighted by molar-refractivity contribution is 7.91. The van der Waals surface area contributed by atoms with E-state index in [1.54, 1.807) is 36.5 Å². The molecule has 7 heteroatoms. The predicted octanol–water partition coefficient (Wildman–Crippen LogP) is 4.90. The van der Waals surface area contributed by atoms with Gasteiger partial charge in [0.25, 0.3) is 0 Å². The first kappa shape index (κ1) is 19.2. The maximum atomic E-state index is 14.1. The van der Waals surface area contributed by atoms with Crippen LogP contribution in [0, 0.1) is 11.7 Å². The second kappa shape index (κ2) is 7.68. The maximum Gasteiger partial charge on any atom is 0.150 e. The molecule has 3 aromatic rings. The zero-order chi connectivity index (χ0) is 19.7. The van der Waals surface area contributed by atoms with Crippen molar-refractivity contribution in [1.29, 1.82) is 0 Å². The zero-order valence-corrected chi connectivity index (χ0v) is 16.6. The first-order chi connectivity index (χ1) is 13.4. The summed E-state index contributed by atoms with van der Waals surface area (Å²) in [5.41, 5.74) is 2.12. The van der Waals surface area contributed by atoms with Crippen LogP contribution in [-0.4, -0.2) is 31.5 Å². The molecule has 0 radical (unpaired) electrons. The molecule has 28 heavy (non-hydrogen) atoms. The molecule has 1 aromatic heterocycles. The number of pyridine rings is 1. The van der Waals surface area contributed by atoms with E-state index in [-0.39, 0.29) is 23.2 Å². The zero-order valence-electron chi connectivity index (χ0n) is 15.1. The van der Waals surface area contributed by atoms with Crippen molar-refractivity contribution in [2.75, 3.05) is 18.1 Å². The lowest BCUT2D eigenvalue weighted by Gasteiger charge is -2.12. The number of nitrogens with zero attached hydrogens (tertiary/aromatic N) is 1. The molecule has 4 rings (SSSR count). The quantitative estimate of drug-likeness (QED) is 0.590. The summed E-state index contributed by atoms with van der Waals surface area (Å²) in [6.07, 6.45) is 3.00. The van der Waals surface area contributed by atoms with Crippen LogP contribution in [0.5, 0.6) is 5.75 Å². The third kappa shape index (κ3) is 4.13. The van der Waals surface area contributed by atoms with E-state index in [0.29, 0.717) is 41.1 Å². The summed E-state index contributed by atoms with van der Waals surface area (Å²) in [7, 11) is -2.88. The Balaban J connectivity index is 1.56. The topological polar surface area (TPSA) is 56.3 Å². The van der Waals surface area contributed by atoms with Gasteiger partial charge in [-0.3, -0.25) is 4.98 Å². The van der Waals surface area contributed by atoms with Crippen LogP contribution in [0.2, 0.25) is 5.02 Å². The van der Waals surface area contributed by atoms with Crippen molar-refractivity contribution in [3.05, 3.63) is 59.5 Å². The molecule has 1 atom stereocenters. The van der Waals surface area contributed by atoms with Crippen LogP contribution in [-0.2, 0) is 9.84 Å². The Bertz CT molecular complexity index is 1130. The van der Waals surface area contributed by atoms with Gasteiger partial charge in [0, 0.05) is 22.2 Å². The minimum absolute atomic E-state index is 0.147. The smallest absolute Gasteiger partial charge is 0.150 e. The highest BCUT2D eigenvalue weighted by Gasteiger charge is 2.27. The van der Waals surface area contributed by atoms with Gasteiger partial charge >= 0.3 is 0 Å². The van der Waals surface area contributed by atoms with Crippen LogP contribution in [0.4, 0.5) is 4.39 Å². The van der Waals surface area contributed by atoms with Crippen LogP contribution < -0.4 is 4.74 Å². The molecule has 0 N–H and O–H groups in total. The van der Waals surface area contributed by atoms with Gasteiger partial charge in [0.05, 0.1) is 23.6 Å². The third-order valence-electron chi connectivity index (χ3n) is 5.02. The van der Waals surface area contributed by atoms with Crippen molar-refractivity contribution in [3.8, 4) is 16.9 Å². The average Bonchev–Trinajstić information content (AvgIpc) is 3.00. The fraction of sp³-hybridized carbons (Fsp3) is 0.286. The van der Waals surface area contributed by atoms with E-state index >= 15 is 0 Å². The number of aromatic nitrogens is 1. The fourth-order valence-electron chi connectivity index (χ4n) is 3.62. The number of hydrogen-bond donors (Lipinski definition) is 0. The molecule has 0 spiro atoms. The molecule has 1 fully saturated rings. The number of hydrogen-bond acceptors (Lipinski definition) is 4. The predicted molar refractivity (Wildman–Crippen MR) is 109 cm³/mol. The molecule has 0 amide bonds. The van der Waals surface area contributed by atoms with Gasteiger partial charge in [-0.05, 0) is 66.8 Å². The largest absolute Gasteiger partial charge is 0.494 e. The molecule has 2 heterocycles. The summed E-state index contributed by atoms with van der Waals surface area (Å²) < 4.78 is 43.0. The summed E-state index contributed by atoms with van der Waals surface area (Å²) in [6, 6.07) is 11.8. The molecule has 1 unspecified atom stereocenters. The van der Waals surface area contributed by atoms with Crippen LogP contribution in [0.15, 0.2) is 48.7 Å². The van der Waals surface area contributed by atoms with Crippen molar-refractivity contribution >= 4 is 32.3 Å². The van der Waals surface area contributed by atoms with Crippen molar-refractivity contribution < 1.29 is 17.5 Å².